The van der Waals surface area contributed by atoms with Gasteiger partial charge in [-0.05, 0) is 36.0 Å². The van der Waals surface area contributed by atoms with Crippen LogP contribution in [0.15, 0.2) is 18.2 Å². The molecule has 0 saturated heterocycles. The summed E-state index contributed by atoms with van der Waals surface area (Å²) >= 11 is 6.70. The van der Waals surface area contributed by atoms with Crippen LogP contribution in [0.2, 0.25) is 5.02 Å². The fourth-order valence-electron chi connectivity index (χ4n) is 4.23. The topological polar surface area (TPSA) is 41.4 Å². The number of rotatable bonds is 6. The summed E-state index contributed by atoms with van der Waals surface area (Å²) in [6.07, 6.45) is 1.73. The van der Waals surface area contributed by atoms with Gasteiger partial charge < -0.3 is 14.4 Å². The largest absolute Gasteiger partial charge is 0.322 e. The van der Waals surface area contributed by atoms with Crippen LogP contribution < -0.4 is 4.90 Å². The summed E-state index contributed by atoms with van der Waals surface area (Å²) < 4.78 is 2.18. The maximum atomic E-state index is 13.2. The van der Waals surface area contributed by atoms with Crippen LogP contribution in [0.3, 0.4) is 0 Å². The van der Waals surface area contributed by atoms with E-state index >= 15 is 0 Å². The Hall–Kier alpha value is -2.01. The Bertz CT molecular complexity index is 903. The number of hydrogen-bond donors (Lipinski definition) is 0. The molecule has 0 saturated carbocycles. The minimum Gasteiger partial charge on any atom is -0.322 e. The Morgan fingerprint density at radius 1 is 1.17 bits per heavy atom. The Kier molecular flexibility index (Phi) is 6.27. The first-order valence-corrected chi connectivity index (χ1v) is 11.0. The lowest BCUT2D eigenvalue weighted by molar-refractivity contribution is 0.0771. The van der Waals surface area contributed by atoms with Crippen molar-refractivity contribution < 1.29 is 4.79 Å². The van der Waals surface area contributed by atoms with Crippen molar-refractivity contribution in [3.63, 3.8) is 0 Å². The van der Waals surface area contributed by atoms with E-state index in [9.17, 15) is 4.79 Å². The fourth-order valence-corrected chi connectivity index (χ4v) is 4.52. The molecule has 0 aliphatic carbocycles. The normalized spacial score (nSPS) is 15.4. The molecule has 6 heteroatoms. The third kappa shape index (κ3) is 3.77. The van der Waals surface area contributed by atoms with E-state index < -0.39 is 0 Å². The van der Waals surface area contributed by atoms with Crippen molar-refractivity contribution in [1.82, 2.24) is 14.5 Å². The van der Waals surface area contributed by atoms with Gasteiger partial charge in [-0.15, -0.1) is 0 Å². The number of anilines is 2. The molecule has 0 bridgehead atoms. The molecule has 1 atom stereocenters. The van der Waals surface area contributed by atoms with Gasteiger partial charge in [-0.3, -0.25) is 4.79 Å². The van der Waals surface area contributed by atoms with Crippen LogP contribution >= 0.6 is 11.6 Å². The molecule has 1 aliphatic rings. The monoisotopic (exact) mass is 416 g/mol. The van der Waals surface area contributed by atoms with E-state index in [1.807, 2.05) is 13.1 Å². The van der Waals surface area contributed by atoms with E-state index in [-0.39, 0.29) is 11.9 Å². The average Bonchev–Trinajstić information content (AvgIpc) is 3.04. The average molecular weight is 417 g/mol. The number of carbonyl (C=O) groups excluding carboxylic acids is 1. The zero-order valence-electron chi connectivity index (χ0n) is 18.7. The van der Waals surface area contributed by atoms with Crippen LogP contribution in [0.4, 0.5) is 11.5 Å². The lowest BCUT2D eigenvalue weighted by atomic mass is 10.0. The first kappa shape index (κ1) is 21.7. The second kappa shape index (κ2) is 8.39. The molecule has 29 heavy (non-hydrogen) atoms. The number of amides is 1. The highest BCUT2D eigenvalue weighted by atomic mass is 35.5. The van der Waals surface area contributed by atoms with Crippen molar-refractivity contribution in [2.45, 2.75) is 66.3 Å². The van der Waals surface area contributed by atoms with Gasteiger partial charge in [0, 0.05) is 19.5 Å². The number of imidazole rings is 1. The van der Waals surface area contributed by atoms with Crippen LogP contribution in [-0.4, -0.2) is 34.1 Å². The van der Waals surface area contributed by atoms with E-state index in [0.29, 0.717) is 29.2 Å². The van der Waals surface area contributed by atoms with Crippen LogP contribution in [0.1, 0.15) is 81.8 Å². The first-order chi connectivity index (χ1) is 13.7. The number of hydrogen-bond acceptors (Lipinski definition) is 3. The van der Waals surface area contributed by atoms with E-state index in [4.69, 9.17) is 16.6 Å². The molecule has 2 aromatic rings. The zero-order valence-corrected chi connectivity index (χ0v) is 19.4. The zero-order chi connectivity index (χ0) is 21.5. The predicted molar refractivity (Wildman–Crippen MR) is 120 cm³/mol. The van der Waals surface area contributed by atoms with Gasteiger partial charge in [0.1, 0.15) is 5.82 Å². The lowest BCUT2D eigenvalue weighted by Gasteiger charge is -2.35. The van der Waals surface area contributed by atoms with Crippen LogP contribution in [0.25, 0.3) is 0 Å². The molecule has 0 spiro atoms. The number of benzene rings is 1. The number of nitrogens with zero attached hydrogens (tertiary/aromatic N) is 4. The summed E-state index contributed by atoms with van der Waals surface area (Å²) in [5, 5.41) is 0.688. The highest BCUT2D eigenvalue weighted by molar-refractivity contribution is 6.33. The van der Waals surface area contributed by atoms with Gasteiger partial charge in [-0.1, -0.05) is 59.2 Å². The first-order valence-electron chi connectivity index (χ1n) is 10.6. The third-order valence-electron chi connectivity index (χ3n) is 5.89. The maximum absolute atomic E-state index is 13.2. The molecule has 0 N–H and O–H groups in total. The van der Waals surface area contributed by atoms with Crippen molar-refractivity contribution in [2.75, 3.05) is 18.6 Å². The van der Waals surface area contributed by atoms with Crippen molar-refractivity contribution >= 4 is 29.0 Å². The SMILES string of the molecule is CCc1nc2c(n1C(CC)C(C)C)C(=O)N(C)CN2c1ccc(C(C)C)cc1Cl. The van der Waals surface area contributed by atoms with Crippen molar-refractivity contribution in [2.24, 2.45) is 5.92 Å². The molecular weight excluding hydrogens is 384 g/mol. The minimum atomic E-state index is 0.0254. The van der Waals surface area contributed by atoms with E-state index in [2.05, 4.69) is 63.1 Å². The fraction of sp³-hybridized carbons (Fsp3) is 0.565. The molecule has 1 unspecified atom stereocenters. The van der Waals surface area contributed by atoms with Gasteiger partial charge in [0.15, 0.2) is 11.5 Å². The molecule has 5 nitrogen and oxygen atoms in total. The summed E-state index contributed by atoms with van der Waals surface area (Å²) in [5.41, 5.74) is 2.77. The van der Waals surface area contributed by atoms with Gasteiger partial charge in [0.05, 0.1) is 17.4 Å². The molecule has 1 aromatic carbocycles. The molecule has 1 aliphatic heterocycles. The molecule has 3 rings (SSSR count). The van der Waals surface area contributed by atoms with E-state index in [1.165, 1.54) is 5.56 Å². The second-order valence-electron chi connectivity index (χ2n) is 8.58. The van der Waals surface area contributed by atoms with E-state index in [0.717, 1.165) is 30.2 Å². The standard InChI is InChI=1S/C23H33ClN4O/c1-8-18(15(5)6)28-20(9-2)25-22-21(28)23(29)26(7)13-27(22)19-11-10-16(14(3)4)12-17(19)24/h10-12,14-15,18H,8-9,13H2,1-7H3. The van der Waals surface area contributed by atoms with Gasteiger partial charge in [-0.2, -0.15) is 0 Å². The summed E-state index contributed by atoms with van der Waals surface area (Å²) in [6, 6.07) is 6.42. The van der Waals surface area contributed by atoms with Crippen LogP contribution in [0, 0.1) is 5.92 Å². The minimum absolute atomic E-state index is 0.0254. The van der Waals surface area contributed by atoms with Gasteiger partial charge >= 0.3 is 0 Å². The molecule has 0 fully saturated rings. The molecule has 158 valence electrons. The van der Waals surface area contributed by atoms with Crippen molar-refractivity contribution in [3.05, 3.63) is 40.3 Å². The van der Waals surface area contributed by atoms with E-state index in [1.54, 1.807) is 4.90 Å². The Morgan fingerprint density at radius 3 is 2.38 bits per heavy atom. The molecule has 1 aromatic heterocycles. The third-order valence-corrected chi connectivity index (χ3v) is 6.19. The maximum Gasteiger partial charge on any atom is 0.275 e. The number of fused-ring (bicyclic) bond motifs is 1. The highest BCUT2D eigenvalue weighted by Crippen LogP contribution is 2.40. The smallest absolute Gasteiger partial charge is 0.275 e. The van der Waals surface area contributed by atoms with Gasteiger partial charge in [0.2, 0.25) is 0 Å². The number of carbonyl (C=O) groups is 1. The lowest BCUT2D eigenvalue weighted by Crippen LogP contribution is -2.43. The van der Waals surface area contributed by atoms with Gasteiger partial charge in [-0.25, -0.2) is 4.98 Å². The summed E-state index contributed by atoms with van der Waals surface area (Å²) in [6.45, 7) is 13.4. The van der Waals surface area contributed by atoms with Crippen LogP contribution in [0.5, 0.6) is 0 Å². The van der Waals surface area contributed by atoms with Gasteiger partial charge in [0.25, 0.3) is 5.91 Å². The predicted octanol–water partition coefficient (Wildman–Crippen LogP) is 6.01. The number of aromatic nitrogens is 2. The highest BCUT2D eigenvalue weighted by Gasteiger charge is 2.37. The van der Waals surface area contributed by atoms with Crippen molar-refractivity contribution in [1.29, 1.82) is 0 Å². The second-order valence-corrected chi connectivity index (χ2v) is 8.99. The molecule has 0 radical (unpaired) electrons. The summed E-state index contributed by atoms with van der Waals surface area (Å²) in [7, 11) is 1.84. The Labute approximate surface area is 179 Å². The number of halogens is 1. The summed E-state index contributed by atoms with van der Waals surface area (Å²) in [5.74, 6) is 2.52. The summed E-state index contributed by atoms with van der Waals surface area (Å²) in [4.78, 5) is 22.0. The Morgan fingerprint density at radius 2 is 1.86 bits per heavy atom. The molecule has 1 amide bonds. The molecular formula is C23H33ClN4O. The van der Waals surface area contributed by atoms with Crippen molar-refractivity contribution in [3.8, 4) is 0 Å². The Balaban J connectivity index is 2.20. The van der Waals surface area contributed by atoms with Crippen LogP contribution in [-0.2, 0) is 6.42 Å². The quantitative estimate of drug-likeness (QED) is 0.578. The molecule has 2 heterocycles. The number of aryl methyl sites for hydroxylation is 1.